The molecule has 0 bridgehead atoms. The van der Waals surface area contributed by atoms with Crippen LogP contribution in [-0.2, 0) is 6.42 Å². The Balaban J connectivity index is 2.46. The van der Waals surface area contributed by atoms with E-state index in [0.29, 0.717) is 6.04 Å². The molecule has 0 saturated heterocycles. The van der Waals surface area contributed by atoms with Gasteiger partial charge in [-0.1, -0.05) is 20.3 Å². The van der Waals surface area contributed by atoms with Gasteiger partial charge < -0.3 is 5.32 Å². The highest BCUT2D eigenvalue weighted by molar-refractivity contribution is 7.09. The fourth-order valence-corrected chi connectivity index (χ4v) is 2.29. The van der Waals surface area contributed by atoms with Crippen molar-refractivity contribution < 1.29 is 0 Å². The van der Waals surface area contributed by atoms with E-state index in [9.17, 15) is 0 Å². The zero-order valence-corrected chi connectivity index (χ0v) is 10.2. The summed E-state index contributed by atoms with van der Waals surface area (Å²) in [7, 11) is 0. The number of likely N-dealkylation sites (N-methyl/N-ethyl adjacent to an activating group) is 1. The molecule has 1 unspecified atom stereocenters. The SMILES string of the molecule is CCCC(Cc1csc(C)n1)NCC. The molecule has 1 N–H and O–H groups in total. The molecule has 1 heterocycles. The number of nitrogens with zero attached hydrogens (tertiary/aromatic N) is 1. The number of hydrogen-bond donors (Lipinski definition) is 1. The zero-order valence-electron chi connectivity index (χ0n) is 9.34. The Bertz CT molecular complexity index is 252. The number of thiazole rings is 1. The molecule has 1 rings (SSSR count). The van der Waals surface area contributed by atoms with Crippen molar-refractivity contribution in [2.75, 3.05) is 6.54 Å². The van der Waals surface area contributed by atoms with E-state index in [4.69, 9.17) is 0 Å². The lowest BCUT2D eigenvalue weighted by Crippen LogP contribution is -2.30. The van der Waals surface area contributed by atoms with Crippen LogP contribution in [0.1, 0.15) is 37.4 Å². The molecule has 0 spiro atoms. The molecule has 1 atom stereocenters. The zero-order chi connectivity index (χ0) is 10.4. The van der Waals surface area contributed by atoms with Crippen molar-refractivity contribution in [3.05, 3.63) is 16.1 Å². The molecule has 1 aromatic heterocycles. The third kappa shape index (κ3) is 3.76. The molecule has 80 valence electrons. The predicted molar refractivity (Wildman–Crippen MR) is 62.9 cm³/mol. The van der Waals surface area contributed by atoms with Gasteiger partial charge in [0.15, 0.2) is 0 Å². The maximum absolute atomic E-state index is 4.49. The molecule has 0 saturated carbocycles. The van der Waals surface area contributed by atoms with Crippen LogP contribution in [0.5, 0.6) is 0 Å². The first-order valence-corrected chi connectivity index (χ1v) is 6.28. The van der Waals surface area contributed by atoms with Crippen molar-refractivity contribution in [2.45, 2.75) is 46.1 Å². The third-order valence-electron chi connectivity index (χ3n) is 2.25. The summed E-state index contributed by atoms with van der Waals surface area (Å²) in [5.41, 5.74) is 1.24. The Hall–Kier alpha value is -0.410. The lowest BCUT2D eigenvalue weighted by atomic mass is 10.1. The van der Waals surface area contributed by atoms with Gasteiger partial charge in [0.2, 0.25) is 0 Å². The smallest absolute Gasteiger partial charge is 0.0897 e. The minimum atomic E-state index is 0.603. The molecule has 1 aromatic rings. The molecule has 0 aliphatic heterocycles. The fraction of sp³-hybridized carbons (Fsp3) is 0.727. The minimum absolute atomic E-state index is 0.603. The van der Waals surface area contributed by atoms with E-state index in [-0.39, 0.29) is 0 Å². The highest BCUT2D eigenvalue weighted by Gasteiger charge is 2.08. The van der Waals surface area contributed by atoms with Gasteiger partial charge in [-0.15, -0.1) is 11.3 Å². The van der Waals surface area contributed by atoms with Crippen LogP contribution in [0.4, 0.5) is 0 Å². The maximum atomic E-state index is 4.49. The lowest BCUT2D eigenvalue weighted by Gasteiger charge is -2.15. The lowest BCUT2D eigenvalue weighted by molar-refractivity contribution is 0.482. The van der Waals surface area contributed by atoms with E-state index in [1.807, 2.05) is 0 Å². The van der Waals surface area contributed by atoms with Gasteiger partial charge >= 0.3 is 0 Å². The summed E-state index contributed by atoms with van der Waals surface area (Å²) in [6.07, 6.45) is 3.55. The molecular weight excluding hydrogens is 192 g/mol. The summed E-state index contributed by atoms with van der Waals surface area (Å²) in [6.45, 7) is 7.51. The standard InChI is InChI=1S/C11H20N2S/c1-4-6-10(12-5-2)7-11-8-14-9(3)13-11/h8,10,12H,4-7H2,1-3H3. The Morgan fingerprint density at radius 3 is 2.79 bits per heavy atom. The predicted octanol–water partition coefficient (Wildman–Crippen LogP) is 2.77. The summed E-state index contributed by atoms with van der Waals surface area (Å²) in [6, 6.07) is 0.603. The second kappa shape index (κ2) is 6.14. The second-order valence-corrected chi connectivity index (χ2v) is 4.67. The van der Waals surface area contributed by atoms with Gasteiger partial charge in [0.25, 0.3) is 0 Å². The van der Waals surface area contributed by atoms with Gasteiger partial charge in [-0.25, -0.2) is 4.98 Å². The topological polar surface area (TPSA) is 24.9 Å². The Labute approximate surface area is 90.8 Å². The van der Waals surface area contributed by atoms with Crippen molar-refractivity contribution >= 4 is 11.3 Å². The third-order valence-corrected chi connectivity index (χ3v) is 3.07. The molecule has 14 heavy (non-hydrogen) atoms. The second-order valence-electron chi connectivity index (χ2n) is 3.61. The van der Waals surface area contributed by atoms with Gasteiger partial charge in [-0.05, 0) is 19.9 Å². The van der Waals surface area contributed by atoms with Crippen molar-refractivity contribution in [3.63, 3.8) is 0 Å². The van der Waals surface area contributed by atoms with Crippen LogP contribution >= 0.6 is 11.3 Å². The van der Waals surface area contributed by atoms with Gasteiger partial charge in [-0.2, -0.15) is 0 Å². The van der Waals surface area contributed by atoms with E-state index in [0.717, 1.165) is 13.0 Å². The van der Waals surface area contributed by atoms with Crippen LogP contribution in [0.2, 0.25) is 0 Å². The number of hydrogen-bond acceptors (Lipinski definition) is 3. The molecular formula is C11H20N2S. The highest BCUT2D eigenvalue weighted by Crippen LogP contribution is 2.11. The maximum Gasteiger partial charge on any atom is 0.0897 e. The largest absolute Gasteiger partial charge is 0.314 e. The molecule has 0 aromatic carbocycles. The molecule has 0 aliphatic carbocycles. The average molecular weight is 212 g/mol. The van der Waals surface area contributed by atoms with E-state index in [1.165, 1.54) is 23.5 Å². The summed E-state index contributed by atoms with van der Waals surface area (Å²) < 4.78 is 0. The van der Waals surface area contributed by atoms with Gasteiger partial charge in [-0.3, -0.25) is 0 Å². The van der Waals surface area contributed by atoms with E-state index >= 15 is 0 Å². The molecule has 2 nitrogen and oxygen atoms in total. The first-order valence-electron chi connectivity index (χ1n) is 5.40. The molecule has 0 radical (unpaired) electrons. The molecule has 0 amide bonds. The van der Waals surface area contributed by atoms with E-state index in [2.05, 4.69) is 36.5 Å². The van der Waals surface area contributed by atoms with E-state index in [1.54, 1.807) is 11.3 Å². The first-order chi connectivity index (χ1) is 6.76. The molecule has 0 fully saturated rings. The van der Waals surface area contributed by atoms with Crippen LogP contribution in [0.15, 0.2) is 5.38 Å². The van der Waals surface area contributed by atoms with Crippen molar-refractivity contribution in [1.29, 1.82) is 0 Å². The van der Waals surface area contributed by atoms with Crippen molar-refractivity contribution in [2.24, 2.45) is 0 Å². The fourth-order valence-electron chi connectivity index (χ4n) is 1.67. The first kappa shape index (κ1) is 11.7. The molecule has 3 heteroatoms. The van der Waals surface area contributed by atoms with Crippen molar-refractivity contribution in [1.82, 2.24) is 10.3 Å². The molecule has 0 aliphatic rings. The Morgan fingerprint density at radius 1 is 1.50 bits per heavy atom. The van der Waals surface area contributed by atoms with Gasteiger partial charge in [0.05, 0.1) is 10.7 Å². The minimum Gasteiger partial charge on any atom is -0.314 e. The number of aryl methyl sites for hydroxylation is 1. The van der Waals surface area contributed by atoms with Crippen LogP contribution in [-0.4, -0.2) is 17.6 Å². The van der Waals surface area contributed by atoms with Gasteiger partial charge in [0.1, 0.15) is 0 Å². The van der Waals surface area contributed by atoms with E-state index < -0.39 is 0 Å². The van der Waals surface area contributed by atoms with Crippen LogP contribution in [0.3, 0.4) is 0 Å². The average Bonchev–Trinajstić information content (AvgIpc) is 2.52. The van der Waals surface area contributed by atoms with Crippen LogP contribution in [0.25, 0.3) is 0 Å². The summed E-state index contributed by atoms with van der Waals surface area (Å²) in [5.74, 6) is 0. The Kier molecular flexibility index (Phi) is 5.12. The van der Waals surface area contributed by atoms with Crippen LogP contribution in [0, 0.1) is 6.92 Å². The van der Waals surface area contributed by atoms with Crippen LogP contribution < -0.4 is 5.32 Å². The van der Waals surface area contributed by atoms with Gasteiger partial charge in [0, 0.05) is 17.8 Å². The number of rotatable bonds is 6. The number of nitrogens with one attached hydrogen (secondary N) is 1. The number of aromatic nitrogens is 1. The highest BCUT2D eigenvalue weighted by atomic mass is 32.1. The quantitative estimate of drug-likeness (QED) is 0.784. The summed E-state index contributed by atoms with van der Waals surface area (Å²) in [4.78, 5) is 4.49. The normalized spacial score (nSPS) is 13.1. The Morgan fingerprint density at radius 2 is 2.29 bits per heavy atom. The summed E-state index contributed by atoms with van der Waals surface area (Å²) >= 11 is 1.74. The van der Waals surface area contributed by atoms with Crippen molar-refractivity contribution in [3.8, 4) is 0 Å². The summed E-state index contributed by atoms with van der Waals surface area (Å²) in [5, 5.41) is 6.85. The monoisotopic (exact) mass is 212 g/mol.